The second-order valence-corrected chi connectivity index (χ2v) is 6.18. The van der Waals surface area contributed by atoms with E-state index in [0.717, 1.165) is 44.5 Å². The summed E-state index contributed by atoms with van der Waals surface area (Å²) >= 11 is 0. The predicted octanol–water partition coefficient (Wildman–Crippen LogP) is 1.30. The standard InChI is InChI=1S/C16H27N5O/c1-13(2)11-21-8-5-15(6-9-21)19-16(22)17-7-4-14-10-18-20(3)12-14/h10,12,15H,1,4-9,11H2,2-3H3,(H2,17,19,22). The molecule has 1 aliphatic rings. The van der Waals surface area contributed by atoms with Crippen LogP contribution in [0.5, 0.6) is 0 Å². The zero-order chi connectivity index (χ0) is 15.9. The lowest BCUT2D eigenvalue weighted by atomic mass is 10.0. The zero-order valence-electron chi connectivity index (χ0n) is 13.6. The van der Waals surface area contributed by atoms with E-state index in [1.165, 1.54) is 5.57 Å². The van der Waals surface area contributed by atoms with Gasteiger partial charge in [-0.3, -0.25) is 9.58 Å². The molecule has 2 heterocycles. The average molecular weight is 305 g/mol. The number of piperidine rings is 1. The SMILES string of the molecule is C=C(C)CN1CCC(NC(=O)NCCc2cnn(C)c2)CC1. The molecule has 2 rings (SSSR count). The highest BCUT2D eigenvalue weighted by atomic mass is 16.2. The molecule has 2 N–H and O–H groups in total. The Hall–Kier alpha value is -1.82. The van der Waals surface area contributed by atoms with Gasteiger partial charge in [0.15, 0.2) is 0 Å². The van der Waals surface area contributed by atoms with Crippen molar-refractivity contribution in [3.05, 3.63) is 30.1 Å². The van der Waals surface area contributed by atoms with Gasteiger partial charge in [-0.05, 0) is 31.7 Å². The van der Waals surface area contributed by atoms with Gasteiger partial charge in [-0.1, -0.05) is 12.2 Å². The molecule has 6 nitrogen and oxygen atoms in total. The minimum absolute atomic E-state index is 0.0674. The molecule has 0 bridgehead atoms. The topological polar surface area (TPSA) is 62.2 Å². The third-order valence-corrected chi connectivity index (χ3v) is 3.87. The third-order valence-electron chi connectivity index (χ3n) is 3.87. The molecule has 1 fully saturated rings. The van der Waals surface area contributed by atoms with E-state index in [4.69, 9.17) is 0 Å². The summed E-state index contributed by atoms with van der Waals surface area (Å²) in [7, 11) is 1.89. The summed E-state index contributed by atoms with van der Waals surface area (Å²) in [4.78, 5) is 14.3. The summed E-state index contributed by atoms with van der Waals surface area (Å²) in [5, 5.41) is 10.1. The number of rotatable bonds is 6. The van der Waals surface area contributed by atoms with Gasteiger partial charge in [-0.15, -0.1) is 0 Å². The maximum atomic E-state index is 11.9. The Bertz CT molecular complexity index is 502. The van der Waals surface area contributed by atoms with Crippen LogP contribution < -0.4 is 10.6 Å². The Kier molecular flexibility index (Phi) is 6.00. The number of likely N-dealkylation sites (tertiary alicyclic amines) is 1. The molecule has 22 heavy (non-hydrogen) atoms. The van der Waals surface area contributed by atoms with Gasteiger partial charge in [0, 0.05) is 45.5 Å². The van der Waals surface area contributed by atoms with Crippen molar-refractivity contribution < 1.29 is 4.79 Å². The summed E-state index contributed by atoms with van der Waals surface area (Å²) in [6, 6.07) is 0.210. The van der Waals surface area contributed by atoms with E-state index in [0.29, 0.717) is 6.54 Å². The molecule has 0 aromatic carbocycles. The van der Waals surface area contributed by atoms with Crippen LogP contribution in [0.25, 0.3) is 0 Å². The fraction of sp³-hybridized carbons (Fsp3) is 0.625. The molecule has 1 aromatic heterocycles. The van der Waals surface area contributed by atoms with Crippen molar-refractivity contribution in [2.45, 2.75) is 32.2 Å². The molecule has 0 radical (unpaired) electrons. The normalized spacial score (nSPS) is 16.5. The van der Waals surface area contributed by atoms with Gasteiger partial charge in [0.2, 0.25) is 0 Å². The Balaban J connectivity index is 1.60. The van der Waals surface area contributed by atoms with Crippen LogP contribution in [0.15, 0.2) is 24.5 Å². The Morgan fingerprint density at radius 2 is 2.18 bits per heavy atom. The maximum absolute atomic E-state index is 11.9. The van der Waals surface area contributed by atoms with Crippen molar-refractivity contribution in [2.75, 3.05) is 26.2 Å². The fourth-order valence-corrected chi connectivity index (χ4v) is 2.77. The number of carbonyl (C=O) groups excluding carboxylic acids is 1. The number of hydrogen-bond acceptors (Lipinski definition) is 3. The molecule has 0 aliphatic carbocycles. The Labute approximate surface area is 132 Å². The van der Waals surface area contributed by atoms with Crippen LogP contribution in [0.3, 0.4) is 0 Å². The first-order chi connectivity index (χ1) is 10.5. The smallest absolute Gasteiger partial charge is 0.315 e. The number of nitrogens with one attached hydrogen (secondary N) is 2. The summed E-state index contributed by atoms with van der Waals surface area (Å²) in [5.41, 5.74) is 2.33. The van der Waals surface area contributed by atoms with Crippen molar-refractivity contribution >= 4 is 6.03 Å². The lowest BCUT2D eigenvalue weighted by Crippen LogP contribution is -2.48. The minimum Gasteiger partial charge on any atom is -0.338 e. The molecule has 1 aliphatic heterocycles. The molecule has 0 unspecified atom stereocenters. The number of aromatic nitrogens is 2. The first-order valence-corrected chi connectivity index (χ1v) is 7.91. The number of nitrogens with zero attached hydrogens (tertiary/aromatic N) is 3. The first kappa shape index (κ1) is 16.5. The van der Waals surface area contributed by atoms with Crippen molar-refractivity contribution in [1.82, 2.24) is 25.3 Å². The van der Waals surface area contributed by atoms with Gasteiger partial charge in [-0.2, -0.15) is 5.10 Å². The molecule has 0 saturated carbocycles. The highest BCUT2D eigenvalue weighted by molar-refractivity contribution is 5.74. The van der Waals surface area contributed by atoms with E-state index in [9.17, 15) is 4.79 Å². The number of carbonyl (C=O) groups is 1. The molecule has 6 heteroatoms. The highest BCUT2D eigenvalue weighted by Gasteiger charge is 2.20. The van der Waals surface area contributed by atoms with Crippen molar-refractivity contribution in [3.63, 3.8) is 0 Å². The summed E-state index contributed by atoms with van der Waals surface area (Å²) in [6.07, 6.45) is 6.61. The molecule has 0 spiro atoms. The van der Waals surface area contributed by atoms with Crippen LogP contribution in [0.2, 0.25) is 0 Å². The minimum atomic E-state index is -0.0674. The number of urea groups is 1. The third kappa shape index (κ3) is 5.52. The van der Waals surface area contributed by atoms with E-state index >= 15 is 0 Å². The van der Waals surface area contributed by atoms with Crippen molar-refractivity contribution in [2.24, 2.45) is 7.05 Å². The lowest BCUT2D eigenvalue weighted by Gasteiger charge is -2.32. The predicted molar refractivity (Wildman–Crippen MR) is 87.7 cm³/mol. The van der Waals surface area contributed by atoms with E-state index in [1.54, 1.807) is 4.68 Å². The zero-order valence-corrected chi connectivity index (χ0v) is 13.6. The molecule has 0 atom stereocenters. The molecule has 122 valence electrons. The van der Waals surface area contributed by atoms with Crippen LogP contribution in [-0.2, 0) is 13.5 Å². The van der Waals surface area contributed by atoms with Gasteiger partial charge in [0.05, 0.1) is 6.20 Å². The second kappa shape index (κ2) is 7.98. The van der Waals surface area contributed by atoms with E-state index in [2.05, 4.69) is 34.1 Å². The van der Waals surface area contributed by atoms with Crippen LogP contribution in [-0.4, -0.2) is 52.9 Å². The Morgan fingerprint density at radius 3 is 2.77 bits per heavy atom. The lowest BCUT2D eigenvalue weighted by molar-refractivity contribution is 0.202. The summed E-state index contributed by atoms with van der Waals surface area (Å²) in [5.74, 6) is 0. The Morgan fingerprint density at radius 1 is 1.45 bits per heavy atom. The van der Waals surface area contributed by atoms with E-state index in [-0.39, 0.29) is 12.1 Å². The van der Waals surface area contributed by atoms with Crippen LogP contribution >= 0.6 is 0 Å². The van der Waals surface area contributed by atoms with Crippen molar-refractivity contribution in [3.8, 4) is 0 Å². The largest absolute Gasteiger partial charge is 0.338 e. The van der Waals surface area contributed by atoms with E-state index in [1.807, 2.05) is 19.4 Å². The quantitative estimate of drug-likeness (QED) is 0.779. The fourth-order valence-electron chi connectivity index (χ4n) is 2.77. The number of hydrogen-bond donors (Lipinski definition) is 2. The molecular weight excluding hydrogens is 278 g/mol. The maximum Gasteiger partial charge on any atom is 0.315 e. The summed E-state index contributed by atoms with van der Waals surface area (Å²) < 4.78 is 1.77. The molecular formula is C16H27N5O. The summed E-state index contributed by atoms with van der Waals surface area (Å²) in [6.45, 7) is 9.64. The molecule has 2 amide bonds. The van der Waals surface area contributed by atoms with Crippen LogP contribution in [0.4, 0.5) is 4.79 Å². The van der Waals surface area contributed by atoms with Crippen LogP contribution in [0.1, 0.15) is 25.3 Å². The highest BCUT2D eigenvalue weighted by Crippen LogP contribution is 2.11. The van der Waals surface area contributed by atoms with Gasteiger partial charge >= 0.3 is 6.03 Å². The van der Waals surface area contributed by atoms with Gasteiger partial charge in [0.25, 0.3) is 0 Å². The number of amides is 2. The van der Waals surface area contributed by atoms with Crippen LogP contribution in [0, 0.1) is 0 Å². The second-order valence-electron chi connectivity index (χ2n) is 6.18. The van der Waals surface area contributed by atoms with Crippen molar-refractivity contribution in [1.29, 1.82) is 0 Å². The van der Waals surface area contributed by atoms with Gasteiger partial charge in [0.1, 0.15) is 0 Å². The molecule has 1 aromatic rings. The van der Waals surface area contributed by atoms with Gasteiger partial charge < -0.3 is 10.6 Å². The number of aryl methyl sites for hydroxylation is 1. The molecule has 1 saturated heterocycles. The average Bonchev–Trinajstić information content (AvgIpc) is 2.86. The van der Waals surface area contributed by atoms with E-state index < -0.39 is 0 Å². The van der Waals surface area contributed by atoms with Gasteiger partial charge in [-0.25, -0.2) is 4.79 Å². The monoisotopic (exact) mass is 305 g/mol. The first-order valence-electron chi connectivity index (χ1n) is 7.91.